The maximum absolute atomic E-state index is 13.2. The van der Waals surface area contributed by atoms with Gasteiger partial charge in [0.25, 0.3) is 0 Å². The van der Waals surface area contributed by atoms with Crippen LogP contribution < -0.4 is 0 Å². The van der Waals surface area contributed by atoms with Gasteiger partial charge in [0.1, 0.15) is 5.82 Å². The van der Waals surface area contributed by atoms with Crippen LogP contribution in [0, 0.1) is 11.7 Å². The van der Waals surface area contributed by atoms with Crippen LogP contribution in [0.1, 0.15) is 53.4 Å². The Morgan fingerprint density at radius 1 is 0.800 bits per heavy atom. The van der Waals surface area contributed by atoms with Crippen LogP contribution in [0.5, 0.6) is 0 Å². The van der Waals surface area contributed by atoms with Crippen molar-refractivity contribution < 1.29 is 4.39 Å². The zero-order valence-corrected chi connectivity index (χ0v) is 17.5. The predicted molar refractivity (Wildman–Crippen MR) is 121 cm³/mol. The first-order valence-corrected chi connectivity index (χ1v) is 11.4. The monoisotopic (exact) mass is 399 g/mol. The van der Waals surface area contributed by atoms with Gasteiger partial charge in [0, 0.05) is 6.54 Å². The first kappa shape index (κ1) is 19.5. The largest absolute Gasteiger partial charge is 0.303 e. The molecule has 154 valence electrons. The van der Waals surface area contributed by atoms with Crippen molar-refractivity contribution in [1.82, 2.24) is 4.90 Å². The van der Waals surface area contributed by atoms with Crippen LogP contribution in [0.2, 0.25) is 0 Å². The summed E-state index contributed by atoms with van der Waals surface area (Å²) in [5, 5.41) is 0. The molecule has 2 heteroatoms. The SMILES string of the molecule is Fc1ccc(Cc2ccccc2C2CCN(C[C@@H]3C[C@H]3c3ccccc3)CC2)cc1. The van der Waals surface area contributed by atoms with Crippen LogP contribution in [0.4, 0.5) is 4.39 Å². The van der Waals surface area contributed by atoms with E-state index >= 15 is 0 Å². The molecule has 5 rings (SSSR count). The molecule has 1 aliphatic carbocycles. The number of benzene rings is 3. The van der Waals surface area contributed by atoms with E-state index in [2.05, 4.69) is 59.5 Å². The molecule has 0 unspecified atom stereocenters. The molecular weight excluding hydrogens is 369 g/mol. The topological polar surface area (TPSA) is 3.24 Å². The molecule has 0 bridgehead atoms. The maximum Gasteiger partial charge on any atom is 0.123 e. The van der Waals surface area contributed by atoms with Gasteiger partial charge in [0.15, 0.2) is 0 Å². The number of rotatable bonds is 6. The molecule has 1 saturated heterocycles. The van der Waals surface area contributed by atoms with E-state index in [1.54, 1.807) is 12.1 Å². The molecule has 1 heterocycles. The van der Waals surface area contributed by atoms with Gasteiger partial charge in [-0.1, -0.05) is 66.7 Å². The third-order valence-corrected chi connectivity index (χ3v) is 7.03. The number of hydrogen-bond acceptors (Lipinski definition) is 1. The lowest BCUT2D eigenvalue weighted by atomic mass is 9.85. The van der Waals surface area contributed by atoms with Gasteiger partial charge >= 0.3 is 0 Å². The summed E-state index contributed by atoms with van der Waals surface area (Å²) in [6, 6.07) is 26.8. The van der Waals surface area contributed by atoms with Crippen molar-refractivity contribution in [2.75, 3.05) is 19.6 Å². The Bertz CT molecular complexity index is 957. The van der Waals surface area contributed by atoms with Crippen molar-refractivity contribution in [3.63, 3.8) is 0 Å². The second-order valence-corrected chi connectivity index (χ2v) is 9.09. The van der Waals surface area contributed by atoms with Crippen LogP contribution in [0.25, 0.3) is 0 Å². The van der Waals surface area contributed by atoms with E-state index in [4.69, 9.17) is 0 Å². The lowest BCUT2D eigenvalue weighted by molar-refractivity contribution is 0.203. The van der Waals surface area contributed by atoms with Crippen LogP contribution in [-0.4, -0.2) is 24.5 Å². The molecule has 2 fully saturated rings. The maximum atomic E-state index is 13.2. The van der Waals surface area contributed by atoms with Gasteiger partial charge in [-0.05, 0) is 90.9 Å². The first-order valence-electron chi connectivity index (χ1n) is 11.4. The van der Waals surface area contributed by atoms with Crippen molar-refractivity contribution in [2.24, 2.45) is 5.92 Å². The van der Waals surface area contributed by atoms with E-state index < -0.39 is 0 Å². The molecule has 0 N–H and O–H groups in total. The minimum Gasteiger partial charge on any atom is -0.303 e. The summed E-state index contributed by atoms with van der Waals surface area (Å²) in [6.45, 7) is 3.66. The second kappa shape index (κ2) is 8.73. The smallest absolute Gasteiger partial charge is 0.123 e. The Morgan fingerprint density at radius 3 is 2.27 bits per heavy atom. The summed E-state index contributed by atoms with van der Waals surface area (Å²) in [4.78, 5) is 2.69. The molecule has 0 spiro atoms. The standard InChI is InChI=1S/C28H30FN/c29-26-12-10-21(11-13-26)18-24-8-4-5-9-27(24)23-14-16-30(17-15-23)20-25-19-28(25)22-6-2-1-3-7-22/h1-13,23,25,28H,14-20H2/t25-,28-/m0/s1. The molecule has 0 aromatic heterocycles. The molecule has 0 radical (unpaired) electrons. The third kappa shape index (κ3) is 4.49. The van der Waals surface area contributed by atoms with E-state index in [0.717, 1.165) is 18.3 Å². The summed E-state index contributed by atoms with van der Waals surface area (Å²) in [5.74, 6) is 2.10. The van der Waals surface area contributed by atoms with Crippen LogP contribution >= 0.6 is 0 Å². The van der Waals surface area contributed by atoms with Gasteiger partial charge < -0.3 is 4.90 Å². The zero-order valence-electron chi connectivity index (χ0n) is 17.5. The summed E-state index contributed by atoms with van der Waals surface area (Å²) >= 11 is 0. The molecule has 1 nitrogen and oxygen atoms in total. The average Bonchev–Trinajstić information content (AvgIpc) is 3.56. The summed E-state index contributed by atoms with van der Waals surface area (Å²) in [7, 11) is 0. The lowest BCUT2D eigenvalue weighted by Gasteiger charge is -2.33. The minimum atomic E-state index is -0.162. The van der Waals surface area contributed by atoms with Crippen LogP contribution in [-0.2, 0) is 6.42 Å². The first-order chi connectivity index (χ1) is 14.8. The molecule has 30 heavy (non-hydrogen) atoms. The highest BCUT2D eigenvalue weighted by Crippen LogP contribution is 2.48. The third-order valence-electron chi connectivity index (χ3n) is 7.03. The normalized spacial score (nSPS) is 22.2. The average molecular weight is 400 g/mol. The van der Waals surface area contributed by atoms with Gasteiger partial charge in [-0.2, -0.15) is 0 Å². The number of halogens is 1. The Kier molecular flexibility index (Phi) is 5.68. The van der Waals surface area contributed by atoms with Crippen molar-refractivity contribution in [2.45, 2.75) is 37.5 Å². The summed E-state index contributed by atoms with van der Waals surface area (Å²) in [6.07, 6.45) is 4.72. The van der Waals surface area contributed by atoms with E-state index in [1.165, 1.54) is 61.2 Å². The number of nitrogens with zero attached hydrogens (tertiary/aromatic N) is 1. The molecule has 3 aromatic rings. The predicted octanol–water partition coefficient (Wildman–Crippen LogP) is 6.40. The highest BCUT2D eigenvalue weighted by Gasteiger charge is 2.39. The Hall–Kier alpha value is -2.45. The van der Waals surface area contributed by atoms with Gasteiger partial charge in [0.2, 0.25) is 0 Å². The van der Waals surface area contributed by atoms with Crippen LogP contribution in [0.3, 0.4) is 0 Å². The van der Waals surface area contributed by atoms with Crippen LogP contribution in [0.15, 0.2) is 78.9 Å². The number of piperidine rings is 1. The van der Waals surface area contributed by atoms with Crippen molar-refractivity contribution >= 4 is 0 Å². The fraction of sp³-hybridized carbons (Fsp3) is 0.357. The second-order valence-electron chi connectivity index (χ2n) is 9.09. The fourth-order valence-corrected chi connectivity index (χ4v) is 5.23. The van der Waals surface area contributed by atoms with Crippen molar-refractivity contribution in [1.29, 1.82) is 0 Å². The summed E-state index contributed by atoms with van der Waals surface area (Å²) in [5.41, 5.74) is 5.60. The highest BCUT2D eigenvalue weighted by atomic mass is 19.1. The minimum absolute atomic E-state index is 0.162. The van der Waals surface area contributed by atoms with Gasteiger partial charge in [-0.15, -0.1) is 0 Å². The Labute approximate surface area is 179 Å². The van der Waals surface area contributed by atoms with E-state index in [-0.39, 0.29) is 5.82 Å². The van der Waals surface area contributed by atoms with Gasteiger partial charge in [-0.3, -0.25) is 0 Å². The van der Waals surface area contributed by atoms with E-state index in [9.17, 15) is 4.39 Å². The van der Waals surface area contributed by atoms with Crippen molar-refractivity contribution in [3.05, 3.63) is 107 Å². The van der Waals surface area contributed by atoms with E-state index in [1.807, 2.05) is 12.1 Å². The zero-order chi connectivity index (χ0) is 20.3. The Morgan fingerprint density at radius 2 is 1.50 bits per heavy atom. The molecule has 2 aliphatic rings. The lowest BCUT2D eigenvalue weighted by Crippen LogP contribution is -2.34. The quantitative estimate of drug-likeness (QED) is 0.464. The van der Waals surface area contributed by atoms with Gasteiger partial charge in [-0.25, -0.2) is 4.39 Å². The summed E-state index contributed by atoms with van der Waals surface area (Å²) < 4.78 is 13.2. The molecule has 3 aromatic carbocycles. The van der Waals surface area contributed by atoms with E-state index in [0.29, 0.717) is 5.92 Å². The Balaban J connectivity index is 1.18. The molecular formula is C28H30FN. The molecule has 1 saturated carbocycles. The molecule has 2 atom stereocenters. The number of likely N-dealkylation sites (tertiary alicyclic amines) is 1. The molecule has 1 aliphatic heterocycles. The fourth-order valence-electron chi connectivity index (χ4n) is 5.23. The number of hydrogen-bond donors (Lipinski definition) is 0. The van der Waals surface area contributed by atoms with Crippen molar-refractivity contribution in [3.8, 4) is 0 Å². The molecule has 0 amide bonds. The van der Waals surface area contributed by atoms with Gasteiger partial charge in [0.05, 0.1) is 0 Å². The highest BCUT2D eigenvalue weighted by molar-refractivity contribution is 5.35.